The number of esters is 1. The fourth-order valence-corrected chi connectivity index (χ4v) is 1.81. The van der Waals surface area contributed by atoms with Crippen LogP contribution in [0.15, 0.2) is 24.3 Å². The van der Waals surface area contributed by atoms with Gasteiger partial charge in [0, 0.05) is 12.5 Å². The van der Waals surface area contributed by atoms with Crippen molar-refractivity contribution in [2.75, 3.05) is 0 Å². The van der Waals surface area contributed by atoms with Gasteiger partial charge in [-0.05, 0) is 24.8 Å². The Bertz CT molecular complexity index is 418. The van der Waals surface area contributed by atoms with Crippen molar-refractivity contribution in [2.24, 2.45) is 5.92 Å². The first kappa shape index (κ1) is 14.4. The summed E-state index contributed by atoms with van der Waals surface area (Å²) in [7, 11) is 0. The molecule has 0 N–H and O–H groups in total. The summed E-state index contributed by atoms with van der Waals surface area (Å²) < 4.78 is 4.87. The molecule has 0 aliphatic heterocycles. The molecule has 98 valence electrons. The summed E-state index contributed by atoms with van der Waals surface area (Å²) in [6.07, 6.45) is 0.270. The van der Waals surface area contributed by atoms with Gasteiger partial charge in [-0.3, -0.25) is 9.59 Å². The Morgan fingerprint density at radius 2 is 1.67 bits per heavy atom. The van der Waals surface area contributed by atoms with Crippen molar-refractivity contribution >= 4 is 11.8 Å². The Morgan fingerprint density at radius 1 is 1.11 bits per heavy atom. The molecular formula is C15H20O3. The molecule has 0 heterocycles. The molecule has 0 fully saturated rings. The highest BCUT2D eigenvalue weighted by atomic mass is 16.5. The van der Waals surface area contributed by atoms with Crippen LogP contribution in [0.2, 0.25) is 0 Å². The van der Waals surface area contributed by atoms with E-state index in [1.165, 1.54) is 12.5 Å². The molecule has 1 atom stereocenters. The van der Waals surface area contributed by atoms with Gasteiger partial charge in [0.1, 0.15) is 0 Å². The highest BCUT2D eigenvalue weighted by Gasteiger charge is 2.17. The fraction of sp³-hybridized carbons (Fsp3) is 0.467. The third kappa shape index (κ3) is 4.32. The molecular weight excluding hydrogens is 228 g/mol. The molecule has 0 amide bonds. The molecule has 0 aromatic heterocycles. The van der Waals surface area contributed by atoms with E-state index in [-0.39, 0.29) is 5.78 Å². The standard InChI is InChI=1S/C15H20O3/c1-10(2)9-13-5-7-14(8-6-13)15(17)11(3)18-12(4)16/h5-8,10-11H,9H2,1-4H3/t11-/m0/s1. The summed E-state index contributed by atoms with van der Waals surface area (Å²) in [5.74, 6) is -0.0138. The Kier molecular flexibility index (Phi) is 5.08. The largest absolute Gasteiger partial charge is 0.454 e. The summed E-state index contributed by atoms with van der Waals surface area (Å²) in [5.41, 5.74) is 1.79. The molecule has 1 rings (SSSR count). The van der Waals surface area contributed by atoms with E-state index in [1.807, 2.05) is 12.1 Å². The van der Waals surface area contributed by atoms with E-state index in [2.05, 4.69) is 13.8 Å². The molecule has 0 unspecified atom stereocenters. The Balaban J connectivity index is 2.72. The number of carbonyl (C=O) groups excluding carboxylic acids is 2. The average Bonchev–Trinajstić information content (AvgIpc) is 2.27. The first-order valence-electron chi connectivity index (χ1n) is 6.20. The maximum atomic E-state index is 11.9. The lowest BCUT2D eigenvalue weighted by atomic mass is 9.99. The summed E-state index contributed by atoms with van der Waals surface area (Å²) in [6.45, 7) is 7.20. The van der Waals surface area contributed by atoms with Crippen LogP contribution in [0.5, 0.6) is 0 Å². The lowest BCUT2D eigenvalue weighted by Crippen LogP contribution is -2.23. The zero-order valence-electron chi connectivity index (χ0n) is 11.4. The number of hydrogen-bond donors (Lipinski definition) is 0. The van der Waals surface area contributed by atoms with E-state index in [0.29, 0.717) is 11.5 Å². The van der Waals surface area contributed by atoms with Crippen LogP contribution < -0.4 is 0 Å². The van der Waals surface area contributed by atoms with Crippen LogP contribution in [0, 0.1) is 5.92 Å². The second-order valence-electron chi connectivity index (χ2n) is 4.91. The van der Waals surface area contributed by atoms with Gasteiger partial charge in [-0.1, -0.05) is 38.1 Å². The van der Waals surface area contributed by atoms with Gasteiger partial charge in [0.2, 0.25) is 5.78 Å². The number of ether oxygens (including phenoxy) is 1. The zero-order valence-corrected chi connectivity index (χ0v) is 11.4. The third-order valence-corrected chi connectivity index (χ3v) is 2.59. The van der Waals surface area contributed by atoms with Gasteiger partial charge in [-0.25, -0.2) is 0 Å². The van der Waals surface area contributed by atoms with Crippen LogP contribution in [-0.2, 0) is 16.0 Å². The predicted octanol–water partition coefficient (Wildman–Crippen LogP) is 3.02. The topological polar surface area (TPSA) is 43.4 Å². The van der Waals surface area contributed by atoms with Crippen LogP contribution in [0.4, 0.5) is 0 Å². The maximum Gasteiger partial charge on any atom is 0.303 e. The van der Waals surface area contributed by atoms with Gasteiger partial charge in [0.15, 0.2) is 6.10 Å². The molecule has 3 nitrogen and oxygen atoms in total. The molecule has 18 heavy (non-hydrogen) atoms. The van der Waals surface area contributed by atoms with Crippen molar-refractivity contribution in [1.82, 2.24) is 0 Å². The fourth-order valence-electron chi connectivity index (χ4n) is 1.81. The van der Waals surface area contributed by atoms with Crippen LogP contribution in [0.25, 0.3) is 0 Å². The number of hydrogen-bond acceptors (Lipinski definition) is 3. The van der Waals surface area contributed by atoms with Crippen molar-refractivity contribution in [3.8, 4) is 0 Å². The number of rotatable bonds is 5. The lowest BCUT2D eigenvalue weighted by Gasteiger charge is -2.11. The van der Waals surface area contributed by atoms with Gasteiger partial charge in [-0.15, -0.1) is 0 Å². The molecule has 1 aromatic carbocycles. The van der Waals surface area contributed by atoms with Crippen molar-refractivity contribution in [3.05, 3.63) is 35.4 Å². The maximum absolute atomic E-state index is 11.9. The van der Waals surface area contributed by atoms with Crippen LogP contribution in [-0.4, -0.2) is 17.9 Å². The normalized spacial score (nSPS) is 12.3. The van der Waals surface area contributed by atoms with Gasteiger partial charge in [0.05, 0.1) is 0 Å². The lowest BCUT2D eigenvalue weighted by molar-refractivity contribution is -0.143. The SMILES string of the molecule is CC(=O)O[C@@H](C)C(=O)c1ccc(CC(C)C)cc1. The van der Waals surface area contributed by atoms with Crippen molar-refractivity contribution < 1.29 is 14.3 Å². The highest BCUT2D eigenvalue weighted by Crippen LogP contribution is 2.12. The van der Waals surface area contributed by atoms with E-state index in [1.54, 1.807) is 19.1 Å². The highest BCUT2D eigenvalue weighted by molar-refractivity contribution is 6.00. The summed E-state index contributed by atoms with van der Waals surface area (Å²) in [5, 5.41) is 0. The van der Waals surface area contributed by atoms with E-state index in [0.717, 1.165) is 6.42 Å². The Hall–Kier alpha value is -1.64. The predicted molar refractivity (Wildman–Crippen MR) is 70.5 cm³/mol. The van der Waals surface area contributed by atoms with E-state index in [9.17, 15) is 9.59 Å². The first-order chi connectivity index (χ1) is 8.40. The Labute approximate surface area is 108 Å². The summed E-state index contributed by atoms with van der Waals surface area (Å²) in [4.78, 5) is 22.7. The number of benzene rings is 1. The molecule has 0 bridgehead atoms. The number of carbonyl (C=O) groups is 2. The molecule has 0 aliphatic carbocycles. The molecule has 0 saturated carbocycles. The molecule has 0 spiro atoms. The third-order valence-electron chi connectivity index (χ3n) is 2.59. The minimum absolute atomic E-state index is 0.165. The summed E-state index contributed by atoms with van der Waals surface area (Å²) in [6, 6.07) is 7.49. The molecule has 1 aromatic rings. The number of ketones is 1. The number of Topliss-reactive ketones (excluding diaryl/α,β-unsaturated/α-hetero) is 1. The van der Waals surface area contributed by atoms with Crippen molar-refractivity contribution in [3.63, 3.8) is 0 Å². The smallest absolute Gasteiger partial charge is 0.303 e. The molecule has 3 heteroatoms. The van der Waals surface area contributed by atoms with Gasteiger partial charge in [-0.2, -0.15) is 0 Å². The minimum Gasteiger partial charge on any atom is -0.454 e. The summed E-state index contributed by atoms with van der Waals surface area (Å²) >= 11 is 0. The van der Waals surface area contributed by atoms with Crippen molar-refractivity contribution in [1.29, 1.82) is 0 Å². The monoisotopic (exact) mass is 248 g/mol. The van der Waals surface area contributed by atoms with Crippen LogP contribution in [0.1, 0.15) is 43.6 Å². The zero-order chi connectivity index (χ0) is 13.7. The quantitative estimate of drug-likeness (QED) is 0.594. The average molecular weight is 248 g/mol. The van der Waals surface area contributed by atoms with Gasteiger partial charge < -0.3 is 4.74 Å². The first-order valence-corrected chi connectivity index (χ1v) is 6.20. The molecule has 0 aliphatic rings. The van der Waals surface area contributed by atoms with Gasteiger partial charge >= 0.3 is 5.97 Å². The molecule has 0 radical (unpaired) electrons. The van der Waals surface area contributed by atoms with Gasteiger partial charge in [0.25, 0.3) is 0 Å². The Morgan fingerprint density at radius 3 is 2.11 bits per heavy atom. The minimum atomic E-state index is -0.724. The molecule has 0 saturated heterocycles. The van der Waals surface area contributed by atoms with E-state index >= 15 is 0 Å². The van der Waals surface area contributed by atoms with E-state index < -0.39 is 12.1 Å². The van der Waals surface area contributed by atoms with Crippen LogP contribution in [0.3, 0.4) is 0 Å². The van der Waals surface area contributed by atoms with Crippen molar-refractivity contribution in [2.45, 2.75) is 40.2 Å². The van der Waals surface area contributed by atoms with Crippen LogP contribution >= 0.6 is 0 Å². The second-order valence-corrected chi connectivity index (χ2v) is 4.91. The van der Waals surface area contributed by atoms with E-state index in [4.69, 9.17) is 4.74 Å². The second kappa shape index (κ2) is 6.34.